The van der Waals surface area contributed by atoms with Crippen LogP contribution in [0.4, 0.5) is 4.79 Å². The number of hydrogen-bond donors (Lipinski definition) is 0. The first-order valence-electron chi connectivity index (χ1n) is 7.15. The lowest BCUT2D eigenvalue weighted by molar-refractivity contribution is -0.128. The Kier molecular flexibility index (Phi) is 3.99. The second kappa shape index (κ2) is 5.82. The predicted octanol–water partition coefficient (Wildman–Crippen LogP) is 0.437. The van der Waals surface area contributed by atoms with Gasteiger partial charge in [-0.25, -0.2) is 18.1 Å². The molecule has 2 aliphatic rings. The van der Waals surface area contributed by atoms with E-state index in [1.807, 2.05) is 6.92 Å². The molecule has 0 spiro atoms. The number of carbonyl (C=O) groups excluding carboxylic acids is 2. The molecule has 0 bridgehead atoms. The highest BCUT2D eigenvalue weighted by Gasteiger charge is 2.46. The SMILES string of the molecule is CCOc1ccc(S(=O)(=O)N2CC(N3C(=O)COC3=O)C2)cc1. The molecule has 8 nitrogen and oxygen atoms in total. The topological polar surface area (TPSA) is 93.2 Å². The Hall–Kier alpha value is -2.13. The van der Waals surface area contributed by atoms with E-state index in [0.717, 1.165) is 4.90 Å². The molecule has 2 heterocycles. The molecular weight excluding hydrogens is 324 g/mol. The number of amides is 2. The second-order valence-corrected chi connectivity index (χ2v) is 7.14. The zero-order chi connectivity index (χ0) is 16.6. The molecule has 0 aromatic heterocycles. The third kappa shape index (κ3) is 2.77. The minimum atomic E-state index is -3.64. The lowest BCUT2D eigenvalue weighted by Gasteiger charge is -2.40. The first-order valence-corrected chi connectivity index (χ1v) is 8.59. The van der Waals surface area contributed by atoms with Crippen LogP contribution in [0.2, 0.25) is 0 Å². The van der Waals surface area contributed by atoms with Gasteiger partial charge in [0.1, 0.15) is 5.75 Å². The van der Waals surface area contributed by atoms with Gasteiger partial charge in [-0.05, 0) is 31.2 Å². The zero-order valence-electron chi connectivity index (χ0n) is 12.5. The molecule has 124 valence electrons. The molecule has 1 aromatic rings. The normalized spacial score (nSPS) is 19.6. The van der Waals surface area contributed by atoms with E-state index < -0.39 is 28.1 Å². The number of carbonyl (C=O) groups is 2. The largest absolute Gasteiger partial charge is 0.494 e. The van der Waals surface area contributed by atoms with Gasteiger partial charge in [-0.1, -0.05) is 0 Å². The summed E-state index contributed by atoms with van der Waals surface area (Å²) in [5.41, 5.74) is 0. The standard InChI is InChI=1S/C14H16N2O6S/c1-2-21-11-3-5-12(6-4-11)23(19,20)15-7-10(8-15)16-13(17)9-22-14(16)18/h3-6,10H,2,7-9H2,1H3. The van der Waals surface area contributed by atoms with Crippen LogP contribution < -0.4 is 4.74 Å². The fourth-order valence-electron chi connectivity index (χ4n) is 2.52. The molecule has 2 saturated heterocycles. The Balaban J connectivity index is 1.68. The van der Waals surface area contributed by atoms with Crippen LogP contribution in [0.1, 0.15) is 6.92 Å². The second-order valence-electron chi connectivity index (χ2n) is 5.20. The number of hydrogen-bond acceptors (Lipinski definition) is 6. The molecule has 1 aromatic carbocycles. The summed E-state index contributed by atoms with van der Waals surface area (Å²) in [4.78, 5) is 24.1. The van der Waals surface area contributed by atoms with Gasteiger partial charge in [-0.15, -0.1) is 0 Å². The van der Waals surface area contributed by atoms with Gasteiger partial charge in [-0.2, -0.15) is 4.31 Å². The van der Waals surface area contributed by atoms with Gasteiger partial charge in [0.25, 0.3) is 5.91 Å². The summed E-state index contributed by atoms with van der Waals surface area (Å²) in [6.07, 6.45) is -0.710. The Labute approximate surface area is 133 Å². The lowest BCUT2D eigenvalue weighted by Crippen LogP contribution is -2.62. The summed E-state index contributed by atoms with van der Waals surface area (Å²) in [5, 5.41) is 0. The van der Waals surface area contributed by atoms with E-state index >= 15 is 0 Å². The van der Waals surface area contributed by atoms with Gasteiger partial charge in [0.2, 0.25) is 10.0 Å². The van der Waals surface area contributed by atoms with Gasteiger partial charge in [0.15, 0.2) is 6.61 Å². The molecule has 9 heteroatoms. The zero-order valence-corrected chi connectivity index (χ0v) is 13.3. The monoisotopic (exact) mass is 340 g/mol. The summed E-state index contributed by atoms with van der Waals surface area (Å²) >= 11 is 0. The maximum absolute atomic E-state index is 12.5. The van der Waals surface area contributed by atoms with Crippen molar-refractivity contribution in [1.29, 1.82) is 0 Å². The van der Waals surface area contributed by atoms with Crippen LogP contribution in [0.5, 0.6) is 5.75 Å². The molecule has 2 amide bonds. The van der Waals surface area contributed by atoms with Crippen molar-refractivity contribution in [1.82, 2.24) is 9.21 Å². The molecule has 0 atom stereocenters. The van der Waals surface area contributed by atoms with E-state index in [1.54, 1.807) is 12.1 Å². The van der Waals surface area contributed by atoms with Gasteiger partial charge < -0.3 is 9.47 Å². The number of benzene rings is 1. The van der Waals surface area contributed by atoms with Gasteiger partial charge in [0, 0.05) is 13.1 Å². The average molecular weight is 340 g/mol. The molecule has 3 rings (SSSR count). The van der Waals surface area contributed by atoms with Crippen molar-refractivity contribution in [3.05, 3.63) is 24.3 Å². The highest BCUT2D eigenvalue weighted by molar-refractivity contribution is 7.89. The van der Waals surface area contributed by atoms with Crippen LogP contribution in [0.3, 0.4) is 0 Å². The lowest BCUT2D eigenvalue weighted by atomic mass is 10.1. The minimum absolute atomic E-state index is 0.0797. The molecule has 2 fully saturated rings. The molecule has 2 aliphatic heterocycles. The third-order valence-electron chi connectivity index (χ3n) is 3.75. The Bertz CT molecular complexity index is 708. The Morgan fingerprint density at radius 3 is 2.39 bits per heavy atom. The van der Waals surface area contributed by atoms with Gasteiger partial charge in [-0.3, -0.25) is 4.79 Å². The van der Waals surface area contributed by atoms with E-state index in [-0.39, 0.29) is 24.6 Å². The average Bonchev–Trinajstić information content (AvgIpc) is 2.79. The first kappa shape index (κ1) is 15.8. The van der Waals surface area contributed by atoms with E-state index in [0.29, 0.717) is 12.4 Å². The van der Waals surface area contributed by atoms with Crippen LogP contribution in [-0.4, -0.2) is 62.0 Å². The molecule has 0 aliphatic carbocycles. The van der Waals surface area contributed by atoms with Crippen LogP contribution >= 0.6 is 0 Å². The number of imide groups is 1. The first-order chi connectivity index (χ1) is 10.9. The summed E-state index contributed by atoms with van der Waals surface area (Å²) in [7, 11) is -3.64. The highest BCUT2D eigenvalue weighted by Crippen LogP contribution is 2.27. The number of rotatable bonds is 5. The van der Waals surface area contributed by atoms with E-state index in [4.69, 9.17) is 4.74 Å². The quantitative estimate of drug-likeness (QED) is 0.772. The number of cyclic esters (lactones) is 1. The summed E-state index contributed by atoms with van der Waals surface area (Å²) in [5.74, 6) is 0.163. The van der Waals surface area contributed by atoms with Gasteiger partial charge in [0.05, 0.1) is 17.5 Å². The fraction of sp³-hybridized carbons (Fsp3) is 0.429. The summed E-state index contributed by atoms with van der Waals surface area (Å²) < 4.78 is 36.1. The number of nitrogens with zero attached hydrogens (tertiary/aromatic N) is 2. The van der Waals surface area contributed by atoms with Crippen molar-refractivity contribution in [2.75, 3.05) is 26.3 Å². The molecule has 23 heavy (non-hydrogen) atoms. The van der Waals surface area contributed by atoms with Crippen LogP contribution in [0, 0.1) is 0 Å². The van der Waals surface area contributed by atoms with E-state index in [2.05, 4.69) is 4.74 Å². The fourth-order valence-corrected chi connectivity index (χ4v) is 4.03. The smallest absolute Gasteiger partial charge is 0.417 e. The molecular formula is C14H16N2O6S. The molecule has 0 N–H and O–H groups in total. The van der Waals surface area contributed by atoms with Crippen LogP contribution in [-0.2, 0) is 19.6 Å². The Morgan fingerprint density at radius 2 is 1.87 bits per heavy atom. The summed E-state index contributed by atoms with van der Waals surface area (Å²) in [6.45, 7) is 2.23. The summed E-state index contributed by atoms with van der Waals surface area (Å²) in [6, 6.07) is 5.67. The predicted molar refractivity (Wildman–Crippen MR) is 78.4 cm³/mol. The molecule has 0 unspecified atom stereocenters. The van der Waals surface area contributed by atoms with E-state index in [1.165, 1.54) is 16.4 Å². The van der Waals surface area contributed by atoms with Crippen molar-refractivity contribution in [2.24, 2.45) is 0 Å². The maximum Gasteiger partial charge on any atom is 0.417 e. The molecule has 0 radical (unpaired) electrons. The highest BCUT2D eigenvalue weighted by atomic mass is 32.2. The van der Waals surface area contributed by atoms with Crippen molar-refractivity contribution in [3.63, 3.8) is 0 Å². The third-order valence-corrected chi connectivity index (χ3v) is 5.60. The van der Waals surface area contributed by atoms with Crippen molar-refractivity contribution in [3.8, 4) is 5.75 Å². The Morgan fingerprint density at radius 1 is 1.22 bits per heavy atom. The number of ether oxygens (including phenoxy) is 2. The van der Waals surface area contributed by atoms with Crippen molar-refractivity contribution in [2.45, 2.75) is 17.9 Å². The minimum Gasteiger partial charge on any atom is -0.494 e. The van der Waals surface area contributed by atoms with Crippen molar-refractivity contribution < 1.29 is 27.5 Å². The molecule has 0 saturated carbocycles. The van der Waals surface area contributed by atoms with Crippen LogP contribution in [0.25, 0.3) is 0 Å². The van der Waals surface area contributed by atoms with Gasteiger partial charge >= 0.3 is 6.09 Å². The van der Waals surface area contributed by atoms with E-state index in [9.17, 15) is 18.0 Å². The van der Waals surface area contributed by atoms with Crippen LogP contribution in [0.15, 0.2) is 29.2 Å². The number of sulfonamides is 1. The maximum atomic E-state index is 12.5. The van der Waals surface area contributed by atoms with Crippen molar-refractivity contribution >= 4 is 22.0 Å².